The topological polar surface area (TPSA) is 60.9 Å². The van der Waals surface area contributed by atoms with Crippen molar-refractivity contribution in [2.75, 3.05) is 19.6 Å². The van der Waals surface area contributed by atoms with E-state index in [1.807, 2.05) is 11.8 Å². The molecule has 0 aromatic heterocycles. The SMILES string of the molecule is CCN(C(=O)N1CC(CC(=O)O)C1)C1CCCC1. The summed E-state index contributed by atoms with van der Waals surface area (Å²) in [5, 5.41) is 8.69. The molecule has 2 rings (SSSR count). The maximum Gasteiger partial charge on any atom is 0.320 e. The fraction of sp³-hybridized carbons (Fsp3) is 0.846. The minimum atomic E-state index is -0.768. The van der Waals surface area contributed by atoms with E-state index in [-0.39, 0.29) is 18.4 Å². The number of rotatable bonds is 4. The van der Waals surface area contributed by atoms with Crippen molar-refractivity contribution in [3.63, 3.8) is 0 Å². The van der Waals surface area contributed by atoms with E-state index >= 15 is 0 Å². The molecule has 1 saturated carbocycles. The van der Waals surface area contributed by atoms with Gasteiger partial charge in [0.15, 0.2) is 0 Å². The van der Waals surface area contributed by atoms with Crippen molar-refractivity contribution in [1.82, 2.24) is 9.80 Å². The van der Waals surface area contributed by atoms with Gasteiger partial charge in [-0.1, -0.05) is 12.8 Å². The molecule has 0 atom stereocenters. The first kappa shape index (κ1) is 13.2. The van der Waals surface area contributed by atoms with Crippen molar-refractivity contribution in [2.24, 2.45) is 5.92 Å². The average Bonchev–Trinajstić information content (AvgIpc) is 2.76. The van der Waals surface area contributed by atoms with Gasteiger partial charge in [0.2, 0.25) is 0 Å². The van der Waals surface area contributed by atoms with Crippen molar-refractivity contribution in [1.29, 1.82) is 0 Å². The number of carboxylic acid groups (broad SMARTS) is 1. The Hall–Kier alpha value is -1.26. The Kier molecular flexibility index (Phi) is 4.09. The van der Waals surface area contributed by atoms with Gasteiger partial charge >= 0.3 is 12.0 Å². The summed E-state index contributed by atoms with van der Waals surface area (Å²) < 4.78 is 0. The zero-order valence-electron chi connectivity index (χ0n) is 11.0. The molecule has 18 heavy (non-hydrogen) atoms. The van der Waals surface area contributed by atoms with Gasteiger partial charge in [0.1, 0.15) is 0 Å². The molecule has 0 radical (unpaired) electrons. The van der Waals surface area contributed by atoms with Crippen LogP contribution in [0.25, 0.3) is 0 Å². The lowest BCUT2D eigenvalue weighted by Gasteiger charge is -2.42. The molecule has 0 aromatic carbocycles. The van der Waals surface area contributed by atoms with Crippen molar-refractivity contribution in [3.8, 4) is 0 Å². The summed E-state index contributed by atoms with van der Waals surface area (Å²) in [6.07, 6.45) is 4.85. The summed E-state index contributed by atoms with van der Waals surface area (Å²) >= 11 is 0. The maximum atomic E-state index is 12.3. The van der Waals surface area contributed by atoms with Crippen LogP contribution in [0, 0.1) is 5.92 Å². The molecule has 2 aliphatic rings. The first-order valence-electron chi connectivity index (χ1n) is 6.89. The Bertz CT molecular complexity index is 320. The molecule has 0 spiro atoms. The number of amides is 2. The van der Waals surface area contributed by atoms with Gasteiger partial charge in [0.25, 0.3) is 0 Å². The Labute approximate surface area is 108 Å². The van der Waals surface area contributed by atoms with E-state index in [0.29, 0.717) is 19.1 Å². The Morgan fingerprint density at radius 2 is 1.89 bits per heavy atom. The third-order valence-corrected chi connectivity index (χ3v) is 4.04. The molecular formula is C13H22N2O3. The highest BCUT2D eigenvalue weighted by Gasteiger charge is 2.36. The lowest BCUT2D eigenvalue weighted by Crippen LogP contribution is -2.56. The fourth-order valence-electron chi connectivity index (χ4n) is 3.05. The normalized spacial score (nSPS) is 20.8. The first-order valence-corrected chi connectivity index (χ1v) is 6.89. The first-order chi connectivity index (χ1) is 8.61. The van der Waals surface area contributed by atoms with Crippen LogP contribution in [0.15, 0.2) is 0 Å². The number of aliphatic carboxylic acids is 1. The average molecular weight is 254 g/mol. The molecule has 1 aliphatic heterocycles. The minimum Gasteiger partial charge on any atom is -0.481 e. The van der Waals surface area contributed by atoms with E-state index in [2.05, 4.69) is 0 Å². The van der Waals surface area contributed by atoms with Gasteiger partial charge in [-0.2, -0.15) is 0 Å². The van der Waals surface area contributed by atoms with Crippen LogP contribution >= 0.6 is 0 Å². The number of urea groups is 1. The van der Waals surface area contributed by atoms with Crippen LogP contribution in [-0.2, 0) is 4.79 Å². The lowest BCUT2D eigenvalue weighted by atomic mass is 9.97. The number of carbonyl (C=O) groups excluding carboxylic acids is 1. The zero-order chi connectivity index (χ0) is 13.1. The Balaban J connectivity index is 1.82. The van der Waals surface area contributed by atoms with E-state index in [0.717, 1.165) is 19.4 Å². The quantitative estimate of drug-likeness (QED) is 0.831. The van der Waals surface area contributed by atoms with E-state index in [4.69, 9.17) is 5.11 Å². The lowest BCUT2D eigenvalue weighted by molar-refractivity contribution is -0.139. The van der Waals surface area contributed by atoms with Gasteiger partial charge in [-0.3, -0.25) is 4.79 Å². The van der Waals surface area contributed by atoms with Gasteiger partial charge in [-0.15, -0.1) is 0 Å². The smallest absolute Gasteiger partial charge is 0.320 e. The molecule has 0 bridgehead atoms. The van der Waals surface area contributed by atoms with Crippen LogP contribution in [0.1, 0.15) is 39.0 Å². The van der Waals surface area contributed by atoms with Gasteiger partial charge in [-0.05, 0) is 19.8 Å². The van der Waals surface area contributed by atoms with Gasteiger partial charge < -0.3 is 14.9 Å². The van der Waals surface area contributed by atoms with Gasteiger partial charge in [0, 0.05) is 31.6 Å². The summed E-state index contributed by atoms with van der Waals surface area (Å²) in [4.78, 5) is 26.6. The van der Waals surface area contributed by atoms with Crippen LogP contribution in [0.5, 0.6) is 0 Å². The number of hydrogen-bond donors (Lipinski definition) is 1. The highest BCUT2D eigenvalue weighted by atomic mass is 16.4. The van der Waals surface area contributed by atoms with E-state index < -0.39 is 5.97 Å². The summed E-state index contributed by atoms with van der Waals surface area (Å²) in [6, 6.07) is 0.507. The van der Waals surface area contributed by atoms with Crippen molar-refractivity contribution < 1.29 is 14.7 Å². The highest BCUT2D eigenvalue weighted by Crippen LogP contribution is 2.27. The maximum absolute atomic E-state index is 12.3. The van der Waals surface area contributed by atoms with Crippen LogP contribution in [0.3, 0.4) is 0 Å². The molecule has 1 heterocycles. The summed E-state index contributed by atoms with van der Waals surface area (Å²) in [5.41, 5.74) is 0. The van der Waals surface area contributed by atoms with Crippen LogP contribution in [0.4, 0.5) is 4.79 Å². The number of nitrogens with zero attached hydrogens (tertiary/aromatic N) is 2. The Morgan fingerprint density at radius 1 is 1.28 bits per heavy atom. The van der Waals surface area contributed by atoms with Crippen LogP contribution < -0.4 is 0 Å². The second-order valence-corrected chi connectivity index (χ2v) is 5.38. The standard InChI is InChI=1S/C13H22N2O3/c1-2-15(11-5-3-4-6-11)13(18)14-8-10(9-14)7-12(16)17/h10-11H,2-9H2,1H3,(H,16,17). The van der Waals surface area contributed by atoms with Gasteiger partial charge in [-0.25, -0.2) is 4.79 Å². The monoisotopic (exact) mass is 254 g/mol. The van der Waals surface area contributed by atoms with E-state index in [1.165, 1.54) is 12.8 Å². The fourth-order valence-corrected chi connectivity index (χ4v) is 3.05. The number of hydrogen-bond acceptors (Lipinski definition) is 2. The van der Waals surface area contributed by atoms with Crippen LogP contribution in [0.2, 0.25) is 0 Å². The molecule has 0 aromatic rings. The molecule has 1 aliphatic carbocycles. The molecular weight excluding hydrogens is 232 g/mol. The molecule has 2 amide bonds. The largest absolute Gasteiger partial charge is 0.481 e. The van der Waals surface area contributed by atoms with Crippen molar-refractivity contribution in [3.05, 3.63) is 0 Å². The molecule has 2 fully saturated rings. The third-order valence-electron chi connectivity index (χ3n) is 4.04. The van der Waals surface area contributed by atoms with Crippen molar-refractivity contribution in [2.45, 2.75) is 45.1 Å². The van der Waals surface area contributed by atoms with Crippen LogP contribution in [-0.4, -0.2) is 52.6 Å². The third kappa shape index (κ3) is 2.76. The number of carboxylic acids is 1. The number of likely N-dealkylation sites (tertiary alicyclic amines) is 1. The summed E-state index contributed by atoms with van der Waals surface area (Å²) in [5.74, 6) is -0.621. The predicted molar refractivity (Wildman–Crippen MR) is 67.3 cm³/mol. The minimum absolute atomic E-state index is 0.103. The Morgan fingerprint density at radius 3 is 2.39 bits per heavy atom. The summed E-state index contributed by atoms with van der Waals surface area (Å²) in [6.45, 7) is 3.98. The zero-order valence-corrected chi connectivity index (χ0v) is 11.0. The molecule has 1 saturated heterocycles. The second-order valence-electron chi connectivity index (χ2n) is 5.38. The second kappa shape index (κ2) is 5.59. The van der Waals surface area contributed by atoms with E-state index in [1.54, 1.807) is 4.90 Å². The predicted octanol–water partition coefficient (Wildman–Crippen LogP) is 1.78. The highest BCUT2D eigenvalue weighted by molar-refractivity contribution is 5.76. The molecule has 102 valence electrons. The van der Waals surface area contributed by atoms with Gasteiger partial charge in [0.05, 0.1) is 6.42 Å². The molecule has 5 nitrogen and oxygen atoms in total. The van der Waals surface area contributed by atoms with Crippen molar-refractivity contribution >= 4 is 12.0 Å². The van der Waals surface area contributed by atoms with E-state index in [9.17, 15) is 9.59 Å². The molecule has 1 N–H and O–H groups in total. The number of carbonyl (C=O) groups is 2. The molecule has 0 unspecified atom stereocenters. The summed E-state index contributed by atoms with van der Waals surface area (Å²) in [7, 11) is 0. The molecule has 5 heteroatoms.